The number of furan rings is 1. The molecule has 4 heteroatoms. The van der Waals surface area contributed by atoms with Crippen molar-refractivity contribution in [3.8, 4) is 17.3 Å². The van der Waals surface area contributed by atoms with Crippen LogP contribution in [0.4, 0.5) is 0 Å². The number of rotatable bonds is 2. The summed E-state index contributed by atoms with van der Waals surface area (Å²) in [6, 6.07) is 18.4. The fourth-order valence-corrected chi connectivity index (χ4v) is 4.56. The maximum atomic E-state index is 10.00. The molecule has 4 aromatic rings. The van der Waals surface area contributed by atoms with Gasteiger partial charge in [-0.1, -0.05) is 62.4 Å². The quantitative estimate of drug-likeness (QED) is 0.421. The summed E-state index contributed by atoms with van der Waals surface area (Å²) in [5.74, 6) is 0. The van der Waals surface area contributed by atoms with E-state index in [1.807, 2.05) is 42.5 Å². The van der Waals surface area contributed by atoms with Crippen molar-refractivity contribution in [1.82, 2.24) is 4.98 Å². The monoisotopic (exact) mass is 362 g/mol. The average Bonchev–Trinajstić information content (AvgIpc) is 3.13. The van der Waals surface area contributed by atoms with Crippen molar-refractivity contribution in [1.29, 1.82) is 5.26 Å². The molecule has 2 aromatic carbocycles. The predicted octanol–water partition coefficient (Wildman–Crippen LogP) is 5.85. The molecule has 0 N–H and O–H groups in total. The molecule has 134 valence electrons. The zero-order valence-electron chi connectivity index (χ0n) is 15.6. The van der Waals surface area contributed by atoms with Gasteiger partial charge in [-0.15, -0.1) is 0 Å². The van der Waals surface area contributed by atoms with Crippen LogP contribution >= 0.6 is 0 Å². The van der Waals surface area contributed by atoms with Crippen LogP contribution in [0.25, 0.3) is 33.2 Å². The normalized spacial score (nSPS) is 16.2. The molecule has 3 nitrogen and oxygen atoms in total. The lowest BCUT2D eigenvalue weighted by Crippen LogP contribution is -2.30. The second-order valence-electron chi connectivity index (χ2n) is 7.69. The van der Waals surface area contributed by atoms with E-state index < -0.39 is 5.31 Å². The van der Waals surface area contributed by atoms with E-state index in [-0.39, 0.29) is 0 Å². The van der Waals surface area contributed by atoms with Gasteiger partial charge in [-0.25, -0.2) is 0 Å². The summed E-state index contributed by atoms with van der Waals surface area (Å²) in [4.78, 5) is 4.47. The molecule has 1 aliphatic carbocycles. The van der Waals surface area contributed by atoms with E-state index in [4.69, 9.17) is 12.3 Å². The Kier molecular flexibility index (Phi) is 3.98. The Morgan fingerprint density at radius 1 is 0.929 bits per heavy atom. The van der Waals surface area contributed by atoms with Crippen molar-refractivity contribution in [3.63, 3.8) is 0 Å². The van der Waals surface area contributed by atoms with Crippen LogP contribution in [0.15, 0.2) is 59.1 Å². The summed E-state index contributed by atoms with van der Waals surface area (Å²) < 4.78 is 6.32. The van der Waals surface area contributed by atoms with E-state index in [1.54, 1.807) is 6.20 Å². The molecular weight excluding hydrogens is 343 g/mol. The third-order valence-corrected chi connectivity index (χ3v) is 6.00. The van der Waals surface area contributed by atoms with E-state index in [0.717, 1.165) is 58.9 Å². The number of para-hydroxylation sites is 1. The van der Waals surface area contributed by atoms with Gasteiger partial charge in [0.15, 0.2) is 5.58 Å². The van der Waals surface area contributed by atoms with Gasteiger partial charge in [0, 0.05) is 22.5 Å². The summed E-state index contributed by atoms with van der Waals surface area (Å²) in [5.41, 5.74) is 4.67. The first-order valence-corrected chi connectivity index (χ1v) is 9.80. The van der Waals surface area contributed by atoms with Gasteiger partial charge in [0.2, 0.25) is 0 Å². The topological polar surface area (TPSA) is 49.8 Å². The van der Waals surface area contributed by atoms with Crippen molar-refractivity contribution < 1.29 is 4.42 Å². The van der Waals surface area contributed by atoms with Crippen molar-refractivity contribution in [2.24, 2.45) is 0 Å². The molecule has 2 aromatic heterocycles. The Bertz CT molecular complexity index is 1210. The van der Waals surface area contributed by atoms with Gasteiger partial charge in [-0.3, -0.25) is 4.98 Å². The van der Waals surface area contributed by atoms with Gasteiger partial charge in [-0.2, -0.15) is 5.26 Å². The Morgan fingerprint density at radius 2 is 1.75 bits per heavy atom. The van der Waals surface area contributed by atoms with Crippen LogP contribution in [0, 0.1) is 11.3 Å². The highest BCUT2D eigenvalue weighted by atomic mass is 16.3. The van der Waals surface area contributed by atoms with Crippen molar-refractivity contribution in [3.05, 3.63) is 65.9 Å². The number of aromatic nitrogens is 1. The maximum absolute atomic E-state index is 10.00. The standard InChI is InChI=1S/C24H19BN2O/c25-24(12-3-1-4-13-24)20-11-10-17-16-7-6-8-18(21-9-2-5-14-27-21)22(16)28-23(17)19(20)15-26/h2,5-11,14H,1,3-4,12-13H2. The highest BCUT2D eigenvalue weighted by molar-refractivity contribution is 6.17. The molecule has 0 bridgehead atoms. The molecule has 2 radical (unpaired) electrons. The molecule has 5 rings (SSSR count). The van der Waals surface area contributed by atoms with Crippen LogP contribution in [0.3, 0.4) is 0 Å². The van der Waals surface area contributed by atoms with E-state index >= 15 is 0 Å². The molecule has 0 saturated heterocycles. The number of hydrogen-bond donors (Lipinski definition) is 0. The van der Waals surface area contributed by atoms with Crippen molar-refractivity contribution in [2.45, 2.75) is 37.4 Å². The second kappa shape index (κ2) is 6.53. The first-order chi connectivity index (χ1) is 13.7. The largest absolute Gasteiger partial charge is 0.454 e. The smallest absolute Gasteiger partial charge is 0.153 e. The van der Waals surface area contributed by atoms with Crippen molar-refractivity contribution in [2.75, 3.05) is 0 Å². The van der Waals surface area contributed by atoms with Crippen LogP contribution < -0.4 is 0 Å². The number of hydrogen-bond acceptors (Lipinski definition) is 3. The Hall–Kier alpha value is -3.06. The summed E-state index contributed by atoms with van der Waals surface area (Å²) in [6.45, 7) is 0. The van der Waals surface area contributed by atoms with E-state index in [1.165, 1.54) is 6.42 Å². The molecule has 1 aliphatic rings. The molecule has 2 heterocycles. The van der Waals surface area contributed by atoms with Crippen LogP contribution in [0.1, 0.15) is 43.2 Å². The molecule has 28 heavy (non-hydrogen) atoms. The number of nitriles is 1. The number of benzene rings is 2. The highest BCUT2D eigenvalue weighted by Gasteiger charge is 2.32. The second-order valence-corrected chi connectivity index (χ2v) is 7.69. The Morgan fingerprint density at radius 3 is 2.50 bits per heavy atom. The van der Waals surface area contributed by atoms with Crippen LogP contribution in [-0.4, -0.2) is 12.8 Å². The van der Waals surface area contributed by atoms with E-state index in [2.05, 4.69) is 17.1 Å². The van der Waals surface area contributed by atoms with Crippen molar-refractivity contribution >= 4 is 29.8 Å². The lowest BCUT2D eigenvalue weighted by atomic mass is 9.56. The third-order valence-electron chi connectivity index (χ3n) is 6.00. The molecule has 1 fully saturated rings. The summed E-state index contributed by atoms with van der Waals surface area (Å²) in [7, 11) is 6.76. The lowest BCUT2D eigenvalue weighted by molar-refractivity contribution is 0.397. The Balaban J connectivity index is 1.79. The van der Waals surface area contributed by atoms with Gasteiger partial charge in [0.05, 0.1) is 19.1 Å². The molecule has 1 saturated carbocycles. The molecule has 0 spiro atoms. The zero-order valence-corrected chi connectivity index (χ0v) is 15.6. The molecule has 0 atom stereocenters. The maximum Gasteiger partial charge on any atom is 0.153 e. The summed E-state index contributed by atoms with van der Waals surface area (Å²) in [5, 5.41) is 11.5. The number of fused-ring (bicyclic) bond motifs is 3. The first-order valence-electron chi connectivity index (χ1n) is 9.80. The van der Waals surface area contributed by atoms with Gasteiger partial charge in [0.25, 0.3) is 0 Å². The molecule has 0 amide bonds. The van der Waals surface area contributed by atoms with Crippen LogP contribution in [0.5, 0.6) is 0 Å². The van der Waals surface area contributed by atoms with Gasteiger partial charge >= 0.3 is 0 Å². The zero-order chi connectivity index (χ0) is 19.1. The van der Waals surface area contributed by atoms with Crippen LogP contribution in [-0.2, 0) is 5.31 Å². The molecular formula is C24H19BN2O. The Labute approximate surface area is 165 Å². The number of nitrogens with zero attached hydrogens (tertiary/aromatic N) is 2. The fraction of sp³-hybridized carbons (Fsp3) is 0.250. The predicted molar refractivity (Wildman–Crippen MR) is 112 cm³/mol. The summed E-state index contributed by atoms with van der Waals surface area (Å²) >= 11 is 0. The van der Waals surface area contributed by atoms with Gasteiger partial charge in [0.1, 0.15) is 11.7 Å². The third kappa shape index (κ3) is 2.54. The van der Waals surface area contributed by atoms with E-state index in [9.17, 15) is 5.26 Å². The van der Waals surface area contributed by atoms with Gasteiger partial charge < -0.3 is 4.42 Å². The van der Waals surface area contributed by atoms with E-state index in [0.29, 0.717) is 11.1 Å². The average molecular weight is 362 g/mol. The minimum absolute atomic E-state index is 0.444. The van der Waals surface area contributed by atoms with Crippen LogP contribution in [0.2, 0.25) is 0 Å². The fourth-order valence-electron chi connectivity index (χ4n) is 4.56. The minimum atomic E-state index is -0.444. The minimum Gasteiger partial charge on any atom is -0.454 e. The molecule has 0 aliphatic heterocycles. The SMILES string of the molecule is [B]C1(c2ccc3c(oc4c(-c5ccccn5)cccc43)c2C#N)CCCCC1. The van der Waals surface area contributed by atoms with Gasteiger partial charge in [-0.05, 0) is 29.1 Å². The highest BCUT2D eigenvalue weighted by Crippen LogP contribution is 2.43. The summed E-state index contributed by atoms with van der Waals surface area (Å²) in [6.07, 6.45) is 7.00. The lowest BCUT2D eigenvalue weighted by Gasteiger charge is -2.35. The molecule has 0 unspecified atom stereocenters. The first kappa shape index (κ1) is 17.1. The number of pyridine rings is 1.